The van der Waals surface area contributed by atoms with Crippen LogP contribution in [-0.4, -0.2) is 12.6 Å². The highest BCUT2D eigenvalue weighted by atomic mass is 16.5. The third-order valence-electron chi connectivity index (χ3n) is 5.90. The molecule has 0 bridgehead atoms. The molecule has 0 radical (unpaired) electrons. The van der Waals surface area contributed by atoms with Crippen molar-refractivity contribution in [3.05, 3.63) is 12.2 Å². The summed E-state index contributed by atoms with van der Waals surface area (Å²) in [5.41, 5.74) is 0. The topological polar surface area (TPSA) is 26.3 Å². The predicted octanol–water partition coefficient (Wildman–Crippen LogP) is 9.71. The molecule has 2 heteroatoms. The molecule has 0 aromatic rings. The van der Waals surface area contributed by atoms with E-state index in [-0.39, 0.29) is 5.97 Å². The molecule has 0 aliphatic rings. The van der Waals surface area contributed by atoms with E-state index < -0.39 is 0 Å². The summed E-state index contributed by atoms with van der Waals surface area (Å²) in [4.78, 5) is 11.8. The molecule has 0 aromatic carbocycles. The fraction of sp³-hybridized carbons (Fsp3) is 0.893. The Morgan fingerprint density at radius 2 is 0.933 bits per heavy atom. The first-order chi connectivity index (χ1) is 14.8. The van der Waals surface area contributed by atoms with E-state index >= 15 is 0 Å². The molecule has 178 valence electrons. The Labute approximate surface area is 189 Å². The van der Waals surface area contributed by atoms with E-state index in [9.17, 15) is 4.79 Å². The van der Waals surface area contributed by atoms with Crippen LogP contribution in [0.25, 0.3) is 0 Å². The monoisotopic (exact) mass is 422 g/mol. The largest absolute Gasteiger partial charge is 0.466 e. The van der Waals surface area contributed by atoms with Crippen LogP contribution in [0.15, 0.2) is 12.2 Å². The lowest BCUT2D eigenvalue weighted by Gasteiger charge is -2.05. The van der Waals surface area contributed by atoms with Crippen LogP contribution in [0, 0.1) is 0 Å². The first kappa shape index (κ1) is 29.2. The van der Waals surface area contributed by atoms with Crippen molar-refractivity contribution in [2.24, 2.45) is 0 Å². The van der Waals surface area contributed by atoms with E-state index in [1.807, 2.05) is 0 Å². The van der Waals surface area contributed by atoms with Gasteiger partial charge >= 0.3 is 5.97 Å². The van der Waals surface area contributed by atoms with Gasteiger partial charge in [0.1, 0.15) is 0 Å². The van der Waals surface area contributed by atoms with Crippen molar-refractivity contribution in [2.75, 3.05) is 6.61 Å². The second kappa shape index (κ2) is 26.2. The Hall–Kier alpha value is -0.790. The van der Waals surface area contributed by atoms with Gasteiger partial charge in [-0.2, -0.15) is 0 Å². The fourth-order valence-electron chi connectivity index (χ4n) is 3.83. The summed E-state index contributed by atoms with van der Waals surface area (Å²) >= 11 is 0. The van der Waals surface area contributed by atoms with E-state index in [1.165, 1.54) is 116 Å². The van der Waals surface area contributed by atoms with Gasteiger partial charge in [0.25, 0.3) is 0 Å². The third-order valence-corrected chi connectivity index (χ3v) is 5.90. The minimum Gasteiger partial charge on any atom is -0.466 e. The highest BCUT2D eigenvalue weighted by Gasteiger charge is 2.02. The number of hydrogen-bond acceptors (Lipinski definition) is 2. The lowest BCUT2D eigenvalue weighted by molar-refractivity contribution is -0.143. The van der Waals surface area contributed by atoms with Gasteiger partial charge in [-0.3, -0.25) is 4.79 Å². The molecule has 0 spiro atoms. The Morgan fingerprint density at radius 1 is 0.533 bits per heavy atom. The standard InChI is InChI=1S/C28H54O2/c1-3-5-7-9-11-13-14-15-16-17-18-19-20-22-24-26-28(29)30-27-25-23-21-12-10-8-6-4-2/h15-16H,3-14,17-27H2,1-2H3/b16-15-. The van der Waals surface area contributed by atoms with Crippen LogP contribution in [0.4, 0.5) is 0 Å². The molecule has 30 heavy (non-hydrogen) atoms. The van der Waals surface area contributed by atoms with Crippen molar-refractivity contribution in [3.8, 4) is 0 Å². The lowest BCUT2D eigenvalue weighted by atomic mass is 10.1. The van der Waals surface area contributed by atoms with Gasteiger partial charge in [0.05, 0.1) is 6.61 Å². The van der Waals surface area contributed by atoms with Crippen molar-refractivity contribution in [1.29, 1.82) is 0 Å². The highest BCUT2D eigenvalue weighted by Crippen LogP contribution is 2.11. The van der Waals surface area contributed by atoms with Crippen LogP contribution >= 0.6 is 0 Å². The average Bonchev–Trinajstić information content (AvgIpc) is 2.75. The number of hydrogen-bond donors (Lipinski definition) is 0. The molecule has 0 saturated carbocycles. The average molecular weight is 423 g/mol. The molecule has 0 N–H and O–H groups in total. The Bertz CT molecular complexity index is 362. The first-order valence-corrected chi connectivity index (χ1v) is 13.6. The zero-order valence-electron chi connectivity index (χ0n) is 20.7. The molecule has 2 nitrogen and oxygen atoms in total. The van der Waals surface area contributed by atoms with Gasteiger partial charge in [-0.1, -0.05) is 122 Å². The van der Waals surface area contributed by atoms with Gasteiger partial charge in [-0.25, -0.2) is 0 Å². The molecule has 0 atom stereocenters. The molecule has 0 aromatic heterocycles. The number of carbonyl (C=O) groups is 1. The van der Waals surface area contributed by atoms with Crippen LogP contribution < -0.4 is 0 Å². The van der Waals surface area contributed by atoms with Crippen LogP contribution in [0.5, 0.6) is 0 Å². The van der Waals surface area contributed by atoms with Crippen molar-refractivity contribution in [3.63, 3.8) is 0 Å². The first-order valence-electron chi connectivity index (χ1n) is 13.6. The fourth-order valence-corrected chi connectivity index (χ4v) is 3.83. The second-order valence-electron chi connectivity index (χ2n) is 9.03. The van der Waals surface area contributed by atoms with Gasteiger partial charge < -0.3 is 4.74 Å². The predicted molar refractivity (Wildman–Crippen MR) is 133 cm³/mol. The number of ether oxygens (including phenoxy) is 1. The molecule has 0 amide bonds. The molecule has 0 heterocycles. The SMILES string of the molecule is CCCCCCCC/C=C\CCCCCCCC(=O)OCCCCCCCCCC. The highest BCUT2D eigenvalue weighted by molar-refractivity contribution is 5.69. The number of esters is 1. The maximum absolute atomic E-state index is 11.8. The van der Waals surface area contributed by atoms with E-state index in [2.05, 4.69) is 26.0 Å². The maximum atomic E-state index is 11.8. The van der Waals surface area contributed by atoms with Crippen LogP contribution in [0.2, 0.25) is 0 Å². The molecule has 0 aliphatic carbocycles. The summed E-state index contributed by atoms with van der Waals surface area (Å²) in [6.45, 7) is 5.15. The zero-order chi connectivity index (χ0) is 22.0. The van der Waals surface area contributed by atoms with Gasteiger partial charge in [-0.05, 0) is 38.5 Å². The summed E-state index contributed by atoms with van der Waals surface area (Å²) < 4.78 is 5.36. The molecular weight excluding hydrogens is 368 g/mol. The van der Waals surface area contributed by atoms with E-state index in [0.29, 0.717) is 13.0 Å². The summed E-state index contributed by atoms with van der Waals surface area (Å²) in [5, 5.41) is 0. The number of rotatable bonds is 24. The van der Waals surface area contributed by atoms with Gasteiger partial charge in [-0.15, -0.1) is 0 Å². The molecule has 0 aliphatic heterocycles. The van der Waals surface area contributed by atoms with Crippen molar-refractivity contribution >= 4 is 5.97 Å². The summed E-state index contributed by atoms with van der Waals surface area (Å²) in [7, 11) is 0. The minimum atomic E-state index is 0.00979. The van der Waals surface area contributed by atoms with Crippen LogP contribution in [0.3, 0.4) is 0 Å². The van der Waals surface area contributed by atoms with Crippen LogP contribution in [0.1, 0.15) is 155 Å². The van der Waals surface area contributed by atoms with Crippen molar-refractivity contribution < 1.29 is 9.53 Å². The number of unbranched alkanes of at least 4 members (excludes halogenated alkanes) is 18. The van der Waals surface area contributed by atoms with Crippen molar-refractivity contribution in [2.45, 2.75) is 155 Å². The Morgan fingerprint density at radius 3 is 1.43 bits per heavy atom. The van der Waals surface area contributed by atoms with Crippen LogP contribution in [-0.2, 0) is 9.53 Å². The lowest BCUT2D eigenvalue weighted by Crippen LogP contribution is -2.05. The number of allylic oxidation sites excluding steroid dienone is 2. The molecule has 0 saturated heterocycles. The quantitative estimate of drug-likeness (QED) is 0.0878. The summed E-state index contributed by atoms with van der Waals surface area (Å²) in [5.74, 6) is 0.00979. The molecular formula is C28H54O2. The summed E-state index contributed by atoms with van der Waals surface area (Å²) in [6.07, 6.45) is 32.4. The summed E-state index contributed by atoms with van der Waals surface area (Å²) in [6, 6.07) is 0. The van der Waals surface area contributed by atoms with Gasteiger partial charge in [0.2, 0.25) is 0 Å². The molecule has 0 unspecified atom stereocenters. The zero-order valence-corrected chi connectivity index (χ0v) is 20.7. The van der Waals surface area contributed by atoms with Crippen molar-refractivity contribution in [1.82, 2.24) is 0 Å². The van der Waals surface area contributed by atoms with E-state index in [1.54, 1.807) is 0 Å². The third kappa shape index (κ3) is 25.2. The molecule has 0 rings (SSSR count). The minimum absolute atomic E-state index is 0.00979. The Kier molecular flexibility index (Phi) is 25.6. The molecule has 0 fully saturated rings. The maximum Gasteiger partial charge on any atom is 0.305 e. The Balaban J connectivity index is 3.20. The second-order valence-corrected chi connectivity index (χ2v) is 9.03. The number of carbonyl (C=O) groups excluding carboxylic acids is 1. The van der Waals surface area contributed by atoms with E-state index in [0.717, 1.165) is 19.3 Å². The normalized spacial score (nSPS) is 11.4. The van der Waals surface area contributed by atoms with E-state index in [4.69, 9.17) is 4.74 Å². The van der Waals surface area contributed by atoms with Gasteiger partial charge in [0, 0.05) is 6.42 Å². The van der Waals surface area contributed by atoms with Gasteiger partial charge in [0.15, 0.2) is 0 Å². The smallest absolute Gasteiger partial charge is 0.305 e.